The number of hydrogen-bond donors (Lipinski definition) is 1. The molecule has 0 bridgehead atoms. The van der Waals surface area contributed by atoms with Gasteiger partial charge in [-0.2, -0.15) is 4.98 Å². The fourth-order valence-corrected chi connectivity index (χ4v) is 1.47. The molecule has 9 heteroatoms. The molecule has 1 heterocycles. The highest BCUT2D eigenvalue weighted by Crippen LogP contribution is 2.16. The second kappa shape index (κ2) is 5.43. The summed E-state index contributed by atoms with van der Waals surface area (Å²) in [4.78, 5) is 25.5. The highest BCUT2D eigenvalue weighted by atomic mass is 19.1. The Kier molecular flexibility index (Phi) is 3.69. The van der Waals surface area contributed by atoms with Crippen molar-refractivity contribution in [1.29, 1.82) is 0 Å². The Morgan fingerprint density at radius 1 is 1.55 bits per heavy atom. The molecular formula is C11H9FN4O4. The van der Waals surface area contributed by atoms with Gasteiger partial charge in [-0.05, 0) is 6.07 Å². The number of rotatable bonds is 4. The lowest BCUT2D eigenvalue weighted by Gasteiger charge is -2.03. The minimum atomic E-state index is -0.850. The van der Waals surface area contributed by atoms with E-state index in [-0.39, 0.29) is 18.1 Å². The molecule has 0 atom stereocenters. The van der Waals surface area contributed by atoms with Gasteiger partial charge in [0.2, 0.25) is 5.89 Å². The Morgan fingerprint density at radius 2 is 2.30 bits per heavy atom. The van der Waals surface area contributed by atoms with E-state index in [4.69, 9.17) is 4.52 Å². The summed E-state index contributed by atoms with van der Waals surface area (Å²) in [5.74, 6) is -1.09. The summed E-state index contributed by atoms with van der Waals surface area (Å²) in [7, 11) is 0. The Labute approximate surface area is 111 Å². The summed E-state index contributed by atoms with van der Waals surface area (Å²) in [5.41, 5.74) is -0.786. The van der Waals surface area contributed by atoms with Crippen LogP contribution < -0.4 is 5.32 Å². The average molecular weight is 280 g/mol. The molecule has 2 rings (SSSR count). The number of halogens is 1. The molecule has 0 saturated heterocycles. The van der Waals surface area contributed by atoms with E-state index >= 15 is 0 Å². The summed E-state index contributed by atoms with van der Waals surface area (Å²) < 4.78 is 18.2. The van der Waals surface area contributed by atoms with Crippen LogP contribution in [0.15, 0.2) is 22.7 Å². The van der Waals surface area contributed by atoms with E-state index in [2.05, 4.69) is 15.5 Å². The van der Waals surface area contributed by atoms with Gasteiger partial charge in [-0.1, -0.05) is 5.16 Å². The number of aromatic nitrogens is 2. The molecule has 0 aliphatic carbocycles. The van der Waals surface area contributed by atoms with Gasteiger partial charge in [-0.15, -0.1) is 0 Å². The Morgan fingerprint density at radius 3 is 2.90 bits per heavy atom. The molecule has 0 radical (unpaired) electrons. The average Bonchev–Trinajstić information content (AvgIpc) is 2.82. The number of nitro groups is 1. The summed E-state index contributed by atoms with van der Waals surface area (Å²) in [5, 5.41) is 16.5. The third kappa shape index (κ3) is 2.94. The van der Waals surface area contributed by atoms with Gasteiger partial charge in [0.25, 0.3) is 11.6 Å². The second-order valence-corrected chi connectivity index (χ2v) is 3.83. The molecule has 0 fully saturated rings. The lowest BCUT2D eigenvalue weighted by atomic mass is 10.1. The number of nitrogens with one attached hydrogen (secondary N) is 1. The number of nitro benzene ring substituents is 1. The van der Waals surface area contributed by atoms with E-state index in [1.807, 2.05) is 0 Å². The Balaban J connectivity index is 2.12. The van der Waals surface area contributed by atoms with Crippen molar-refractivity contribution >= 4 is 11.6 Å². The molecule has 104 valence electrons. The second-order valence-electron chi connectivity index (χ2n) is 3.83. The first-order valence-electron chi connectivity index (χ1n) is 5.48. The maximum Gasteiger partial charge on any atom is 0.270 e. The number of amides is 1. The lowest BCUT2D eigenvalue weighted by molar-refractivity contribution is -0.384. The molecule has 1 N–H and O–H groups in total. The summed E-state index contributed by atoms with van der Waals surface area (Å²) >= 11 is 0. The summed E-state index contributed by atoms with van der Waals surface area (Å²) in [6, 6.07) is 2.71. The van der Waals surface area contributed by atoms with Crippen LogP contribution in [0.25, 0.3) is 0 Å². The number of nitrogens with zero attached hydrogens (tertiary/aromatic N) is 3. The van der Waals surface area contributed by atoms with E-state index in [1.54, 1.807) is 6.92 Å². The molecule has 0 unspecified atom stereocenters. The van der Waals surface area contributed by atoms with Gasteiger partial charge in [0.05, 0.1) is 17.0 Å². The predicted molar refractivity (Wildman–Crippen MR) is 63.3 cm³/mol. The quantitative estimate of drug-likeness (QED) is 0.668. The Hall–Kier alpha value is -2.84. The molecule has 1 aromatic carbocycles. The standard InChI is InChI=1S/C11H9FN4O4/c1-6-14-10(15-20-6)5-13-11(17)8-4-7(16(18)19)2-3-9(8)12/h2-4H,5H2,1H3,(H,13,17). The van der Waals surface area contributed by atoms with Gasteiger partial charge < -0.3 is 9.84 Å². The molecule has 2 aromatic rings. The minimum absolute atomic E-state index is 0.0711. The van der Waals surface area contributed by atoms with E-state index < -0.39 is 22.2 Å². The summed E-state index contributed by atoms with van der Waals surface area (Å²) in [6.07, 6.45) is 0. The highest BCUT2D eigenvalue weighted by Gasteiger charge is 2.17. The SMILES string of the molecule is Cc1nc(CNC(=O)c2cc([N+](=O)[O-])ccc2F)no1. The fourth-order valence-electron chi connectivity index (χ4n) is 1.47. The van der Waals surface area contributed by atoms with Gasteiger partial charge >= 0.3 is 0 Å². The molecular weight excluding hydrogens is 271 g/mol. The predicted octanol–water partition coefficient (Wildman–Crippen LogP) is 1.36. The van der Waals surface area contributed by atoms with Crippen LogP contribution in [-0.4, -0.2) is 21.0 Å². The third-order valence-electron chi connectivity index (χ3n) is 2.38. The van der Waals surface area contributed by atoms with E-state index in [1.165, 1.54) is 0 Å². The van der Waals surface area contributed by atoms with Crippen LogP contribution in [0.1, 0.15) is 22.1 Å². The van der Waals surface area contributed by atoms with Crippen molar-refractivity contribution in [1.82, 2.24) is 15.5 Å². The maximum atomic E-state index is 13.5. The molecule has 0 aliphatic heterocycles. The van der Waals surface area contributed by atoms with Gasteiger partial charge in [0.15, 0.2) is 5.82 Å². The summed E-state index contributed by atoms with van der Waals surface area (Å²) in [6.45, 7) is 1.51. The van der Waals surface area contributed by atoms with Crippen LogP contribution in [-0.2, 0) is 6.54 Å². The van der Waals surface area contributed by atoms with Crippen molar-refractivity contribution in [2.45, 2.75) is 13.5 Å². The first-order chi connectivity index (χ1) is 9.47. The molecule has 0 aliphatic rings. The number of carbonyl (C=O) groups excluding carboxylic acids is 1. The molecule has 0 spiro atoms. The van der Waals surface area contributed by atoms with Crippen LogP contribution in [0.2, 0.25) is 0 Å². The number of benzene rings is 1. The number of hydrogen-bond acceptors (Lipinski definition) is 6. The van der Waals surface area contributed by atoms with Crippen LogP contribution in [0.5, 0.6) is 0 Å². The van der Waals surface area contributed by atoms with Crippen molar-refractivity contribution in [3.8, 4) is 0 Å². The van der Waals surface area contributed by atoms with Gasteiger partial charge in [0, 0.05) is 19.1 Å². The highest BCUT2D eigenvalue weighted by molar-refractivity contribution is 5.95. The van der Waals surface area contributed by atoms with Crippen LogP contribution >= 0.6 is 0 Å². The first-order valence-corrected chi connectivity index (χ1v) is 5.48. The topological polar surface area (TPSA) is 111 Å². The van der Waals surface area contributed by atoms with Crippen LogP contribution in [0.4, 0.5) is 10.1 Å². The molecule has 0 saturated carbocycles. The van der Waals surface area contributed by atoms with Crippen molar-refractivity contribution < 1.29 is 18.6 Å². The zero-order valence-corrected chi connectivity index (χ0v) is 10.3. The lowest BCUT2D eigenvalue weighted by Crippen LogP contribution is -2.24. The third-order valence-corrected chi connectivity index (χ3v) is 2.38. The maximum absolute atomic E-state index is 13.5. The molecule has 20 heavy (non-hydrogen) atoms. The van der Waals surface area contributed by atoms with E-state index in [9.17, 15) is 19.3 Å². The normalized spacial score (nSPS) is 10.3. The largest absolute Gasteiger partial charge is 0.345 e. The number of non-ortho nitro benzene ring substituents is 1. The first kappa shape index (κ1) is 13.6. The van der Waals surface area contributed by atoms with Crippen molar-refractivity contribution in [2.75, 3.05) is 0 Å². The smallest absolute Gasteiger partial charge is 0.270 e. The molecule has 8 nitrogen and oxygen atoms in total. The minimum Gasteiger partial charge on any atom is -0.345 e. The zero-order valence-electron chi connectivity index (χ0n) is 10.3. The van der Waals surface area contributed by atoms with Crippen molar-refractivity contribution in [3.05, 3.63) is 51.4 Å². The monoisotopic (exact) mass is 280 g/mol. The fraction of sp³-hybridized carbons (Fsp3) is 0.182. The molecule has 1 amide bonds. The van der Waals surface area contributed by atoms with Crippen molar-refractivity contribution in [3.63, 3.8) is 0 Å². The van der Waals surface area contributed by atoms with Crippen molar-refractivity contribution in [2.24, 2.45) is 0 Å². The molecule has 1 aromatic heterocycles. The van der Waals surface area contributed by atoms with Gasteiger partial charge in [0.1, 0.15) is 5.82 Å². The Bertz CT molecular complexity index is 670. The van der Waals surface area contributed by atoms with Gasteiger partial charge in [-0.3, -0.25) is 14.9 Å². The van der Waals surface area contributed by atoms with Gasteiger partial charge in [-0.25, -0.2) is 4.39 Å². The number of carbonyl (C=O) groups is 1. The van der Waals surface area contributed by atoms with E-state index in [0.717, 1.165) is 18.2 Å². The van der Waals surface area contributed by atoms with Crippen LogP contribution in [0.3, 0.4) is 0 Å². The van der Waals surface area contributed by atoms with Crippen LogP contribution in [0, 0.1) is 22.9 Å². The zero-order chi connectivity index (χ0) is 14.7. The van der Waals surface area contributed by atoms with E-state index in [0.29, 0.717) is 5.89 Å². The number of aryl methyl sites for hydroxylation is 1.